The van der Waals surface area contributed by atoms with Crippen LogP contribution in [-0.4, -0.2) is 25.3 Å². The molecule has 0 atom stereocenters. The summed E-state index contributed by atoms with van der Waals surface area (Å²) in [5, 5.41) is 0. The Morgan fingerprint density at radius 1 is 0.426 bits per heavy atom. The Bertz CT molecular complexity index is 1940. The number of fused-ring (bicyclic) bond motifs is 12. The minimum absolute atomic E-state index is 0.0483. The van der Waals surface area contributed by atoms with Gasteiger partial charge in [-0.25, -0.2) is 25.3 Å². The van der Waals surface area contributed by atoms with Crippen LogP contribution in [-0.2, 0) is 80.3 Å². The van der Waals surface area contributed by atoms with Crippen LogP contribution in [0.4, 0.5) is 0 Å². The zero-order chi connectivity index (χ0) is 33.2. The monoisotopic (exact) mass is 690 g/mol. The lowest BCUT2D eigenvalue weighted by Crippen LogP contribution is -2.54. The van der Waals surface area contributed by atoms with Crippen LogP contribution in [0, 0.1) is 5.41 Å². The van der Waals surface area contributed by atoms with Gasteiger partial charge in [-0.1, -0.05) is 83.4 Å². The minimum Gasteiger partial charge on any atom is -0.228 e. The fourth-order valence-corrected chi connectivity index (χ4v) is 17.2. The Kier molecular flexibility index (Phi) is 5.85. The predicted octanol–water partition coefficient (Wildman–Crippen LogP) is 6.58. The lowest BCUT2D eigenvalue weighted by molar-refractivity contribution is 0.0540. The van der Waals surface area contributed by atoms with Crippen molar-refractivity contribution in [3.8, 4) is 0 Å². The van der Waals surface area contributed by atoms with Crippen LogP contribution >= 0.6 is 0 Å². The summed E-state index contributed by atoms with van der Waals surface area (Å²) in [6, 6.07) is 13.4. The Morgan fingerprint density at radius 3 is 0.787 bits per heavy atom. The standard InChI is InChI=1S/C38H42O6S3/c1-5-8-36-29-11-23-17-45(39,40)19-25(23)13-31(29)37(9-6-2)33-15-27-21-47(43,44)22-28(27)16-34(33)38(10-7-3,35(36,37)4)32-14-26-20-46(41,42)18-24(26)12-30(32)36/h11-16H,5-10,17-22H2,1-4H3. The second-order valence-corrected chi connectivity index (χ2v) is 21.9. The molecule has 3 heterocycles. The quantitative estimate of drug-likeness (QED) is 0.290. The molecule has 9 rings (SSSR count). The molecule has 0 amide bonds. The SMILES string of the molecule is CCCC12c3cc4c(cc3C3(CCC)c5cc6c(cc5C(CCC)(c5cc7c(cc51)CS(=O)(=O)C7)C23C)CS(=O)(=O)C6)CS(=O)(=O)C4. The fourth-order valence-electron chi connectivity index (χ4n) is 12.4. The van der Waals surface area contributed by atoms with Gasteiger partial charge >= 0.3 is 0 Å². The van der Waals surface area contributed by atoms with Crippen molar-refractivity contribution in [3.63, 3.8) is 0 Å². The molecule has 0 aromatic heterocycles. The molecule has 0 bridgehead atoms. The van der Waals surface area contributed by atoms with E-state index in [0.29, 0.717) is 0 Å². The normalized spacial score (nSPS) is 33.2. The van der Waals surface area contributed by atoms with Gasteiger partial charge < -0.3 is 0 Å². The summed E-state index contributed by atoms with van der Waals surface area (Å²) in [4.78, 5) is 0. The first-order chi connectivity index (χ1) is 22.1. The van der Waals surface area contributed by atoms with E-state index in [1.54, 1.807) is 0 Å². The summed E-state index contributed by atoms with van der Waals surface area (Å²) < 4.78 is 78.4. The van der Waals surface area contributed by atoms with Crippen LogP contribution in [0.25, 0.3) is 0 Å². The van der Waals surface area contributed by atoms with Gasteiger partial charge in [-0.2, -0.15) is 0 Å². The van der Waals surface area contributed by atoms with E-state index in [0.717, 1.165) is 71.9 Å². The van der Waals surface area contributed by atoms with Crippen molar-refractivity contribution in [3.05, 3.63) is 103 Å². The summed E-state index contributed by atoms with van der Waals surface area (Å²) in [6.07, 6.45) is 5.32. The zero-order valence-electron chi connectivity index (χ0n) is 27.6. The van der Waals surface area contributed by atoms with Crippen molar-refractivity contribution in [2.24, 2.45) is 5.41 Å². The molecule has 0 radical (unpaired) electrons. The summed E-state index contributed by atoms with van der Waals surface area (Å²) in [7, 11) is -9.77. The number of rotatable bonds is 6. The maximum Gasteiger partial charge on any atom is 0.158 e. The van der Waals surface area contributed by atoms with Gasteiger partial charge in [0.2, 0.25) is 0 Å². The van der Waals surface area contributed by atoms with Gasteiger partial charge in [-0.05, 0) is 86.0 Å². The average molecular weight is 691 g/mol. The van der Waals surface area contributed by atoms with E-state index in [1.807, 2.05) is 0 Å². The largest absolute Gasteiger partial charge is 0.228 e. The number of sulfone groups is 3. The molecule has 3 aromatic carbocycles. The van der Waals surface area contributed by atoms with Gasteiger partial charge in [-0.15, -0.1) is 0 Å². The summed E-state index contributed by atoms with van der Waals surface area (Å²) in [5.74, 6) is 0.290. The van der Waals surface area contributed by atoms with Crippen LogP contribution in [0.5, 0.6) is 0 Å². The van der Waals surface area contributed by atoms with E-state index in [9.17, 15) is 25.3 Å². The third kappa shape index (κ3) is 3.31. The molecule has 9 heteroatoms. The average Bonchev–Trinajstić information content (AvgIpc) is 3.69. The fraction of sp³-hybridized carbons (Fsp3) is 0.526. The molecule has 0 fully saturated rings. The van der Waals surface area contributed by atoms with Crippen LogP contribution in [0.1, 0.15) is 133 Å². The lowest BCUT2D eigenvalue weighted by Gasteiger charge is -2.53. The highest BCUT2D eigenvalue weighted by atomic mass is 32.2. The summed E-state index contributed by atoms with van der Waals surface area (Å²) in [5.41, 5.74) is 10.8. The smallest absolute Gasteiger partial charge is 0.158 e. The molecule has 3 aromatic rings. The highest BCUT2D eigenvalue weighted by Gasteiger charge is 2.82. The number of hydrogen-bond acceptors (Lipinski definition) is 6. The Labute approximate surface area is 279 Å². The molecule has 0 spiro atoms. The van der Waals surface area contributed by atoms with Crippen LogP contribution < -0.4 is 0 Å². The maximum atomic E-state index is 13.1. The van der Waals surface area contributed by atoms with Gasteiger partial charge in [0.05, 0.1) is 34.5 Å². The topological polar surface area (TPSA) is 102 Å². The van der Waals surface area contributed by atoms with E-state index >= 15 is 0 Å². The molecular weight excluding hydrogens is 649 g/mol. The van der Waals surface area contributed by atoms with Gasteiger partial charge in [0, 0.05) is 21.7 Å². The predicted molar refractivity (Wildman–Crippen MR) is 183 cm³/mol. The van der Waals surface area contributed by atoms with Crippen molar-refractivity contribution >= 4 is 29.5 Å². The van der Waals surface area contributed by atoms with Gasteiger partial charge in [-0.3, -0.25) is 0 Å². The van der Waals surface area contributed by atoms with Crippen molar-refractivity contribution in [2.45, 2.75) is 117 Å². The van der Waals surface area contributed by atoms with Gasteiger partial charge in [0.15, 0.2) is 29.5 Å². The highest BCUT2D eigenvalue weighted by molar-refractivity contribution is 7.90. The molecule has 0 saturated carbocycles. The van der Waals surface area contributed by atoms with Crippen molar-refractivity contribution in [1.82, 2.24) is 0 Å². The third-order valence-electron chi connectivity index (χ3n) is 13.5. The first-order valence-corrected chi connectivity index (χ1v) is 22.7. The van der Waals surface area contributed by atoms with Gasteiger partial charge in [0.1, 0.15) is 0 Å². The van der Waals surface area contributed by atoms with Crippen LogP contribution in [0.2, 0.25) is 0 Å². The van der Waals surface area contributed by atoms with E-state index in [1.165, 1.54) is 33.4 Å². The summed E-state index contributed by atoms with van der Waals surface area (Å²) >= 11 is 0. The van der Waals surface area contributed by atoms with Crippen molar-refractivity contribution in [2.75, 3.05) is 0 Å². The van der Waals surface area contributed by atoms with E-state index < -0.39 is 45.8 Å². The number of hydrogen-bond donors (Lipinski definition) is 0. The second-order valence-electron chi connectivity index (χ2n) is 15.7. The minimum atomic E-state index is -3.26. The molecule has 6 nitrogen and oxygen atoms in total. The maximum absolute atomic E-state index is 13.1. The molecule has 248 valence electrons. The first-order valence-electron chi connectivity index (χ1n) is 17.2. The second kappa shape index (κ2) is 8.99. The molecule has 3 aliphatic carbocycles. The molecule has 0 unspecified atom stereocenters. The lowest BCUT2D eigenvalue weighted by atomic mass is 9.48. The van der Waals surface area contributed by atoms with E-state index in [2.05, 4.69) is 64.1 Å². The van der Waals surface area contributed by atoms with Crippen molar-refractivity contribution in [1.29, 1.82) is 0 Å². The van der Waals surface area contributed by atoms with E-state index in [-0.39, 0.29) is 39.9 Å². The number of benzene rings is 3. The molecule has 6 aliphatic rings. The highest BCUT2D eigenvalue weighted by Crippen LogP contribution is 2.85. The van der Waals surface area contributed by atoms with Crippen LogP contribution in [0.3, 0.4) is 0 Å². The Morgan fingerprint density at radius 2 is 0.617 bits per heavy atom. The van der Waals surface area contributed by atoms with Crippen molar-refractivity contribution < 1.29 is 25.3 Å². The molecular formula is C38H42O6S3. The molecule has 0 N–H and O–H groups in total. The first kappa shape index (κ1) is 30.6. The zero-order valence-corrected chi connectivity index (χ0v) is 30.1. The Hall–Kier alpha value is -2.49. The van der Waals surface area contributed by atoms with E-state index in [4.69, 9.17) is 0 Å². The molecule has 0 saturated heterocycles. The molecule has 3 aliphatic heterocycles. The van der Waals surface area contributed by atoms with Gasteiger partial charge in [0.25, 0.3) is 0 Å². The van der Waals surface area contributed by atoms with Crippen LogP contribution in [0.15, 0.2) is 36.4 Å². The summed E-state index contributed by atoms with van der Waals surface area (Å²) in [6.45, 7) is 9.20. The third-order valence-corrected chi connectivity index (χ3v) is 18.0. The Balaban J connectivity index is 1.51. The molecule has 47 heavy (non-hydrogen) atoms.